The summed E-state index contributed by atoms with van der Waals surface area (Å²) >= 11 is 11.7. The van der Waals surface area contributed by atoms with Gasteiger partial charge in [-0.05, 0) is 24.3 Å². The van der Waals surface area contributed by atoms with Gasteiger partial charge in [0.2, 0.25) is 5.82 Å². The van der Waals surface area contributed by atoms with Gasteiger partial charge < -0.3 is 9.26 Å². The number of benzene rings is 2. The monoisotopic (exact) mass is 384 g/mol. The molecule has 0 unspecified atom stereocenters. The topological polar surface area (TPSA) is 65.2 Å². The molecule has 25 heavy (non-hydrogen) atoms. The number of carbonyl (C=O) groups excluding carboxylic acids is 1. The lowest BCUT2D eigenvalue weighted by Crippen LogP contribution is -2.07. The molecule has 5 nitrogen and oxygen atoms in total. The molecule has 9 heteroatoms. The molecule has 3 rings (SSSR count). The van der Waals surface area contributed by atoms with Gasteiger partial charge in [0, 0.05) is 5.56 Å². The van der Waals surface area contributed by atoms with Crippen LogP contribution >= 0.6 is 23.2 Å². The smallest absolute Gasteiger partial charge is 0.340 e. The number of carbonyl (C=O) groups is 1. The minimum absolute atomic E-state index is 0.00183. The molecule has 128 valence electrons. The molecular weight excluding hydrogens is 377 g/mol. The second kappa shape index (κ2) is 7.16. The quantitative estimate of drug-likeness (QED) is 0.482. The first-order valence-electron chi connectivity index (χ1n) is 6.85. The van der Waals surface area contributed by atoms with Crippen LogP contribution < -0.4 is 0 Å². The molecule has 0 fully saturated rings. The van der Waals surface area contributed by atoms with E-state index in [1.54, 1.807) is 24.3 Å². The standard InChI is InChI=1S/C16H8Cl2F2N2O3/c17-10-4-2-1-3-8(10)15-21-14(25-22-15)7-24-16(23)9-5-12(19)13(20)6-11(9)18/h1-6H,7H2. The van der Waals surface area contributed by atoms with Crippen LogP contribution in [-0.2, 0) is 11.3 Å². The lowest BCUT2D eigenvalue weighted by molar-refractivity contribution is 0.0429. The van der Waals surface area contributed by atoms with Gasteiger partial charge in [-0.2, -0.15) is 4.98 Å². The van der Waals surface area contributed by atoms with Gasteiger partial charge in [-0.25, -0.2) is 13.6 Å². The lowest BCUT2D eigenvalue weighted by Gasteiger charge is -2.04. The van der Waals surface area contributed by atoms with E-state index >= 15 is 0 Å². The van der Waals surface area contributed by atoms with Crippen LogP contribution in [0.5, 0.6) is 0 Å². The predicted octanol–water partition coefficient (Wildman–Crippen LogP) is 4.68. The molecule has 2 aromatic carbocycles. The molecule has 0 radical (unpaired) electrons. The second-order valence-corrected chi connectivity index (χ2v) is 5.63. The number of esters is 1. The third-order valence-corrected chi connectivity index (χ3v) is 3.78. The first-order chi connectivity index (χ1) is 12.0. The maximum absolute atomic E-state index is 13.2. The molecular formula is C16H8Cl2F2N2O3. The second-order valence-electron chi connectivity index (χ2n) is 4.81. The normalized spacial score (nSPS) is 10.7. The number of hydrogen-bond acceptors (Lipinski definition) is 5. The molecule has 1 aromatic heterocycles. The Morgan fingerprint density at radius 1 is 1.12 bits per heavy atom. The SMILES string of the molecule is O=C(OCc1nc(-c2ccccc2Cl)no1)c1cc(F)c(F)cc1Cl. The lowest BCUT2D eigenvalue weighted by atomic mass is 10.2. The molecule has 0 bridgehead atoms. The van der Waals surface area contributed by atoms with Crippen LogP contribution in [0, 0.1) is 11.6 Å². The van der Waals surface area contributed by atoms with Crippen molar-refractivity contribution >= 4 is 29.2 Å². The Morgan fingerprint density at radius 2 is 1.84 bits per heavy atom. The predicted molar refractivity (Wildman–Crippen MR) is 85.2 cm³/mol. The van der Waals surface area contributed by atoms with Gasteiger partial charge in [0.05, 0.1) is 15.6 Å². The summed E-state index contributed by atoms with van der Waals surface area (Å²) in [6, 6.07) is 8.21. The molecule has 0 N–H and O–H groups in total. The van der Waals surface area contributed by atoms with E-state index < -0.39 is 17.6 Å². The van der Waals surface area contributed by atoms with Crippen molar-refractivity contribution in [2.45, 2.75) is 6.61 Å². The fourth-order valence-electron chi connectivity index (χ4n) is 1.95. The number of hydrogen-bond donors (Lipinski definition) is 0. The van der Waals surface area contributed by atoms with Gasteiger partial charge >= 0.3 is 5.97 Å². The van der Waals surface area contributed by atoms with Crippen LogP contribution in [0.1, 0.15) is 16.2 Å². The molecule has 0 amide bonds. The summed E-state index contributed by atoms with van der Waals surface area (Å²) in [4.78, 5) is 16.0. The number of ether oxygens (including phenoxy) is 1. The Balaban J connectivity index is 1.72. The summed E-state index contributed by atoms with van der Waals surface area (Å²) in [6.07, 6.45) is 0. The molecule has 0 spiro atoms. The summed E-state index contributed by atoms with van der Waals surface area (Å²) < 4.78 is 36.1. The summed E-state index contributed by atoms with van der Waals surface area (Å²) in [7, 11) is 0. The molecule has 0 aliphatic carbocycles. The maximum atomic E-state index is 13.2. The minimum Gasteiger partial charge on any atom is -0.452 e. The average Bonchev–Trinajstić information content (AvgIpc) is 3.05. The van der Waals surface area contributed by atoms with Crippen molar-refractivity contribution in [1.29, 1.82) is 0 Å². The molecule has 0 atom stereocenters. The fourth-order valence-corrected chi connectivity index (χ4v) is 2.40. The first kappa shape index (κ1) is 17.3. The van der Waals surface area contributed by atoms with E-state index in [1.165, 1.54) is 0 Å². The van der Waals surface area contributed by atoms with Crippen molar-refractivity contribution in [1.82, 2.24) is 10.1 Å². The highest BCUT2D eigenvalue weighted by Gasteiger charge is 2.18. The molecule has 3 aromatic rings. The van der Waals surface area contributed by atoms with Gasteiger partial charge in [0.15, 0.2) is 18.2 Å². The van der Waals surface area contributed by atoms with Crippen LogP contribution in [0.4, 0.5) is 8.78 Å². The molecule has 0 saturated heterocycles. The number of nitrogens with zero attached hydrogens (tertiary/aromatic N) is 2. The Hall–Kier alpha value is -2.51. The highest BCUT2D eigenvalue weighted by Crippen LogP contribution is 2.25. The Kier molecular flexibility index (Phi) is 4.96. The summed E-state index contributed by atoms with van der Waals surface area (Å²) in [5.41, 5.74) is 0.237. The van der Waals surface area contributed by atoms with Crippen LogP contribution in [0.3, 0.4) is 0 Å². The van der Waals surface area contributed by atoms with Crippen molar-refractivity contribution in [3.05, 3.63) is 69.5 Å². The van der Waals surface area contributed by atoms with E-state index in [-0.39, 0.29) is 28.9 Å². The Labute approximate surface area is 150 Å². The Morgan fingerprint density at radius 3 is 2.60 bits per heavy atom. The average molecular weight is 385 g/mol. The van der Waals surface area contributed by atoms with Crippen LogP contribution in [-0.4, -0.2) is 16.1 Å². The molecule has 0 aliphatic rings. The van der Waals surface area contributed by atoms with Crippen LogP contribution in [0.25, 0.3) is 11.4 Å². The third-order valence-electron chi connectivity index (χ3n) is 3.14. The van der Waals surface area contributed by atoms with Gasteiger partial charge in [0.1, 0.15) is 0 Å². The molecule has 0 aliphatic heterocycles. The van der Waals surface area contributed by atoms with Crippen LogP contribution in [0.2, 0.25) is 10.0 Å². The van der Waals surface area contributed by atoms with Crippen molar-refractivity contribution in [3.63, 3.8) is 0 Å². The number of aromatic nitrogens is 2. The van der Waals surface area contributed by atoms with Crippen LogP contribution in [0.15, 0.2) is 40.9 Å². The molecule has 0 saturated carbocycles. The van der Waals surface area contributed by atoms with E-state index in [9.17, 15) is 13.6 Å². The van der Waals surface area contributed by atoms with E-state index in [1.807, 2.05) is 0 Å². The zero-order valence-electron chi connectivity index (χ0n) is 12.3. The van der Waals surface area contributed by atoms with Crippen molar-refractivity contribution < 1.29 is 22.8 Å². The van der Waals surface area contributed by atoms with E-state index in [0.29, 0.717) is 22.7 Å². The van der Waals surface area contributed by atoms with Crippen molar-refractivity contribution in [2.24, 2.45) is 0 Å². The summed E-state index contributed by atoms with van der Waals surface area (Å²) in [5, 5.41) is 3.90. The highest BCUT2D eigenvalue weighted by atomic mass is 35.5. The van der Waals surface area contributed by atoms with Gasteiger partial charge in [-0.15, -0.1) is 0 Å². The first-order valence-corrected chi connectivity index (χ1v) is 7.60. The fraction of sp³-hybridized carbons (Fsp3) is 0.0625. The van der Waals surface area contributed by atoms with E-state index in [2.05, 4.69) is 10.1 Å². The zero-order valence-corrected chi connectivity index (χ0v) is 13.8. The summed E-state index contributed by atoms with van der Waals surface area (Å²) in [6.45, 7) is -0.369. The van der Waals surface area contributed by atoms with Gasteiger partial charge in [-0.3, -0.25) is 0 Å². The summed E-state index contributed by atoms with van der Waals surface area (Å²) in [5.74, 6) is -3.11. The number of rotatable bonds is 4. The minimum atomic E-state index is -1.21. The van der Waals surface area contributed by atoms with E-state index in [0.717, 1.165) is 0 Å². The van der Waals surface area contributed by atoms with Gasteiger partial charge in [-0.1, -0.05) is 40.5 Å². The zero-order chi connectivity index (χ0) is 18.0. The largest absolute Gasteiger partial charge is 0.452 e. The maximum Gasteiger partial charge on any atom is 0.340 e. The van der Waals surface area contributed by atoms with Crippen molar-refractivity contribution in [3.8, 4) is 11.4 Å². The molecule has 1 heterocycles. The van der Waals surface area contributed by atoms with E-state index in [4.69, 9.17) is 32.5 Å². The Bertz CT molecular complexity index is 947. The number of halogens is 4. The highest BCUT2D eigenvalue weighted by molar-refractivity contribution is 6.33. The van der Waals surface area contributed by atoms with Crippen molar-refractivity contribution in [2.75, 3.05) is 0 Å². The van der Waals surface area contributed by atoms with Gasteiger partial charge in [0.25, 0.3) is 5.89 Å². The third kappa shape index (κ3) is 3.78.